The van der Waals surface area contributed by atoms with E-state index >= 15 is 0 Å². The molecule has 0 heterocycles. The van der Waals surface area contributed by atoms with Crippen molar-refractivity contribution in [3.63, 3.8) is 0 Å². The van der Waals surface area contributed by atoms with Gasteiger partial charge >= 0.3 is 0 Å². The Morgan fingerprint density at radius 2 is 2.30 bits per heavy atom. The fraction of sp³-hybridized carbons (Fsp3) is 0.857. The summed E-state index contributed by atoms with van der Waals surface area (Å²) < 4.78 is 0. The molecule has 0 aromatic carbocycles. The van der Waals surface area contributed by atoms with Crippen molar-refractivity contribution in [2.75, 3.05) is 0 Å². The number of nitriles is 1. The van der Waals surface area contributed by atoms with E-state index in [1.165, 1.54) is 0 Å². The summed E-state index contributed by atoms with van der Waals surface area (Å²) in [4.78, 5) is -0.860. The zero-order chi connectivity index (χ0) is 7.78. The smallest absolute Gasteiger partial charge is 0.143 e. The van der Waals surface area contributed by atoms with E-state index in [4.69, 9.17) is 22.6 Å². The van der Waals surface area contributed by atoms with Crippen LogP contribution >= 0.6 is 11.6 Å². The van der Waals surface area contributed by atoms with Gasteiger partial charge < -0.3 is 5.73 Å². The predicted molar refractivity (Wildman–Crippen MR) is 40.6 cm³/mol. The molecule has 1 rings (SSSR count). The average Bonchev–Trinajstić information content (AvgIpc) is 2.68. The van der Waals surface area contributed by atoms with Crippen LogP contribution in [0, 0.1) is 17.2 Å². The molecular weight excluding hydrogens is 148 g/mol. The predicted octanol–water partition coefficient (Wildman–Crippen LogP) is 1.24. The van der Waals surface area contributed by atoms with Crippen molar-refractivity contribution < 1.29 is 0 Å². The Morgan fingerprint density at radius 1 is 1.80 bits per heavy atom. The van der Waals surface area contributed by atoms with Gasteiger partial charge in [0.2, 0.25) is 0 Å². The van der Waals surface area contributed by atoms with Crippen LogP contribution < -0.4 is 5.73 Å². The lowest BCUT2D eigenvalue weighted by Gasteiger charge is -2.20. The Hall–Kier alpha value is -0.260. The molecule has 0 aromatic rings. The van der Waals surface area contributed by atoms with Crippen molar-refractivity contribution in [3.8, 4) is 6.07 Å². The first-order valence-corrected chi connectivity index (χ1v) is 3.81. The maximum atomic E-state index is 8.58. The molecule has 0 radical (unpaired) electrons. The minimum Gasteiger partial charge on any atom is -0.325 e. The molecule has 10 heavy (non-hydrogen) atoms. The highest BCUT2D eigenvalue weighted by molar-refractivity contribution is 6.26. The summed E-state index contributed by atoms with van der Waals surface area (Å²) in [6, 6.07) is 1.85. The van der Waals surface area contributed by atoms with Gasteiger partial charge in [-0.05, 0) is 25.7 Å². The van der Waals surface area contributed by atoms with Crippen LogP contribution in [-0.4, -0.2) is 10.9 Å². The van der Waals surface area contributed by atoms with E-state index in [9.17, 15) is 0 Å². The van der Waals surface area contributed by atoms with E-state index in [2.05, 4.69) is 0 Å². The van der Waals surface area contributed by atoms with Gasteiger partial charge in [-0.25, -0.2) is 0 Å². The maximum absolute atomic E-state index is 8.58. The molecule has 0 saturated heterocycles. The first kappa shape index (κ1) is 7.84. The Labute approximate surface area is 66.0 Å². The van der Waals surface area contributed by atoms with E-state index in [-0.39, 0.29) is 6.04 Å². The van der Waals surface area contributed by atoms with E-state index in [0.717, 1.165) is 12.8 Å². The van der Waals surface area contributed by atoms with Gasteiger partial charge in [0.25, 0.3) is 0 Å². The molecule has 1 fully saturated rings. The van der Waals surface area contributed by atoms with Crippen molar-refractivity contribution >= 4 is 11.6 Å². The molecule has 56 valence electrons. The highest BCUT2D eigenvalue weighted by Gasteiger charge is 2.40. The minimum atomic E-state index is -0.860. The Balaban J connectivity index is 2.54. The topological polar surface area (TPSA) is 49.8 Å². The Morgan fingerprint density at radius 3 is 2.60 bits per heavy atom. The van der Waals surface area contributed by atoms with Crippen molar-refractivity contribution in [1.82, 2.24) is 0 Å². The van der Waals surface area contributed by atoms with Crippen LogP contribution in [0.1, 0.15) is 19.8 Å². The number of hydrogen-bond acceptors (Lipinski definition) is 2. The second kappa shape index (κ2) is 2.41. The minimum absolute atomic E-state index is 0.154. The van der Waals surface area contributed by atoms with Gasteiger partial charge in [0.05, 0.1) is 6.07 Å². The lowest BCUT2D eigenvalue weighted by atomic mass is 9.99. The monoisotopic (exact) mass is 158 g/mol. The molecule has 3 heteroatoms. The van der Waals surface area contributed by atoms with Gasteiger partial charge in [-0.3, -0.25) is 0 Å². The van der Waals surface area contributed by atoms with E-state index < -0.39 is 4.87 Å². The molecule has 2 nitrogen and oxygen atoms in total. The van der Waals surface area contributed by atoms with E-state index in [1.54, 1.807) is 6.92 Å². The normalized spacial score (nSPS) is 26.6. The maximum Gasteiger partial charge on any atom is 0.143 e. The summed E-state index contributed by atoms with van der Waals surface area (Å²) >= 11 is 5.82. The van der Waals surface area contributed by atoms with Crippen LogP contribution in [0.15, 0.2) is 0 Å². The summed E-state index contributed by atoms with van der Waals surface area (Å²) in [6.07, 6.45) is 2.26. The van der Waals surface area contributed by atoms with Gasteiger partial charge in [-0.15, -0.1) is 11.6 Å². The van der Waals surface area contributed by atoms with Crippen LogP contribution in [-0.2, 0) is 0 Å². The van der Waals surface area contributed by atoms with E-state index in [1.807, 2.05) is 6.07 Å². The molecule has 2 N–H and O–H groups in total. The third-order valence-electron chi connectivity index (χ3n) is 1.97. The van der Waals surface area contributed by atoms with Crippen molar-refractivity contribution in [2.24, 2.45) is 11.7 Å². The Kier molecular flexibility index (Phi) is 1.89. The molecule has 0 aromatic heterocycles. The molecule has 0 bridgehead atoms. The quantitative estimate of drug-likeness (QED) is 0.615. The zero-order valence-electron chi connectivity index (χ0n) is 5.97. The van der Waals surface area contributed by atoms with Crippen molar-refractivity contribution in [3.05, 3.63) is 0 Å². The average molecular weight is 159 g/mol. The molecule has 1 saturated carbocycles. The first-order chi connectivity index (χ1) is 4.58. The number of rotatable bonds is 2. The number of nitrogens with two attached hydrogens (primary N) is 1. The number of alkyl halides is 1. The molecule has 2 atom stereocenters. The largest absolute Gasteiger partial charge is 0.325 e. The SMILES string of the molecule is CC(Cl)(C#N)C(N)C1CC1. The molecule has 2 unspecified atom stereocenters. The summed E-state index contributed by atoms with van der Waals surface area (Å²) in [5.74, 6) is 0.488. The highest BCUT2D eigenvalue weighted by atomic mass is 35.5. The number of nitrogens with zero attached hydrogens (tertiary/aromatic N) is 1. The molecule has 0 aliphatic heterocycles. The van der Waals surface area contributed by atoms with Gasteiger partial charge in [-0.2, -0.15) is 5.26 Å². The number of halogens is 1. The van der Waals surface area contributed by atoms with Crippen LogP contribution in [0.3, 0.4) is 0 Å². The summed E-state index contributed by atoms with van der Waals surface area (Å²) in [6.45, 7) is 1.68. The lowest BCUT2D eigenvalue weighted by Crippen LogP contribution is -2.41. The molecular formula is C7H11ClN2. The van der Waals surface area contributed by atoms with Crippen LogP contribution in [0.2, 0.25) is 0 Å². The van der Waals surface area contributed by atoms with Gasteiger partial charge in [0.15, 0.2) is 0 Å². The third-order valence-corrected chi connectivity index (χ3v) is 2.31. The summed E-state index contributed by atoms with van der Waals surface area (Å²) in [7, 11) is 0. The van der Waals surface area contributed by atoms with E-state index in [0.29, 0.717) is 5.92 Å². The fourth-order valence-corrected chi connectivity index (χ4v) is 1.15. The molecule has 1 aliphatic rings. The first-order valence-electron chi connectivity index (χ1n) is 3.43. The molecule has 0 spiro atoms. The second-order valence-corrected chi connectivity index (χ2v) is 3.84. The van der Waals surface area contributed by atoms with Gasteiger partial charge in [0, 0.05) is 6.04 Å². The van der Waals surface area contributed by atoms with Crippen LogP contribution in [0.4, 0.5) is 0 Å². The zero-order valence-corrected chi connectivity index (χ0v) is 6.73. The fourth-order valence-electron chi connectivity index (χ4n) is 0.973. The second-order valence-electron chi connectivity index (χ2n) is 3.05. The van der Waals surface area contributed by atoms with Gasteiger partial charge in [-0.1, -0.05) is 0 Å². The standard InChI is InChI=1S/C7H11ClN2/c1-7(8,4-9)6(10)5-2-3-5/h5-6H,2-3,10H2,1H3. The number of hydrogen-bond donors (Lipinski definition) is 1. The molecule has 1 aliphatic carbocycles. The Bertz CT molecular complexity index is 167. The van der Waals surface area contributed by atoms with Crippen LogP contribution in [0.5, 0.6) is 0 Å². The van der Waals surface area contributed by atoms with Crippen molar-refractivity contribution in [1.29, 1.82) is 5.26 Å². The molecule has 0 amide bonds. The van der Waals surface area contributed by atoms with Gasteiger partial charge in [0.1, 0.15) is 4.87 Å². The highest BCUT2D eigenvalue weighted by Crippen LogP contribution is 2.37. The summed E-state index contributed by atoms with van der Waals surface area (Å²) in [5, 5.41) is 8.58. The van der Waals surface area contributed by atoms with Crippen molar-refractivity contribution in [2.45, 2.75) is 30.7 Å². The summed E-state index contributed by atoms with van der Waals surface area (Å²) in [5.41, 5.74) is 5.71. The third kappa shape index (κ3) is 1.42. The van der Waals surface area contributed by atoms with Crippen LogP contribution in [0.25, 0.3) is 0 Å². The lowest BCUT2D eigenvalue weighted by molar-refractivity contribution is 0.520.